The van der Waals surface area contributed by atoms with Crippen molar-refractivity contribution in [3.05, 3.63) is 68.9 Å². The van der Waals surface area contributed by atoms with Crippen LogP contribution in [0, 0.1) is 5.82 Å². The van der Waals surface area contributed by atoms with Gasteiger partial charge >= 0.3 is 0 Å². The zero-order valence-electron chi connectivity index (χ0n) is 11.5. The zero-order chi connectivity index (χ0) is 14.8. The molecule has 1 fully saturated rings. The van der Waals surface area contributed by atoms with Crippen LogP contribution in [0.3, 0.4) is 0 Å². The van der Waals surface area contributed by atoms with Crippen LogP contribution in [0.25, 0.3) is 0 Å². The molecule has 2 unspecified atom stereocenters. The lowest BCUT2D eigenvalue weighted by Crippen LogP contribution is -2.34. The van der Waals surface area contributed by atoms with Crippen molar-refractivity contribution in [2.75, 3.05) is 13.1 Å². The van der Waals surface area contributed by atoms with Crippen molar-refractivity contribution < 1.29 is 4.39 Å². The summed E-state index contributed by atoms with van der Waals surface area (Å²) in [6.45, 7) is 1.78. The van der Waals surface area contributed by atoms with E-state index in [2.05, 4.69) is 21.2 Å². The summed E-state index contributed by atoms with van der Waals surface area (Å²) in [6.07, 6.45) is 0.931. The average Bonchev–Trinajstić information content (AvgIpc) is 2.51. The van der Waals surface area contributed by atoms with Crippen LogP contribution in [0.1, 0.15) is 29.4 Å². The van der Waals surface area contributed by atoms with Gasteiger partial charge in [-0.3, -0.25) is 0 Å². The molecule has 4 heteroatoms. The monoisotopic (exact) mass is 367 g/mol. The molecule has 2 aromatic carbocycles. The summed E-state index contributed by atoms with van der Waals surface area (Å²) in [6, 6.07) is 13.1. The van der Waals surface area contributed by atoms with Gasteiger partial charge in [-0.25, -0.2) is 4.39 Å². The van der Waals surface area contributed by atoms with E-state index in [0.29, 0.717) is 0 Å². The summed E-state index contributed by atoms with van der Waals surface area (Å²) in [5.41, 5.74) is 2.00. The Balaban J connectivity index is 1.98. The van der Waals surface area contributed by atoms with Gasteiger partial charge in [0.15, 0.2) is 0 Å². The third kappa shape index (κ3) is 3.31. The summed E-state index contributed by atoms with van der Waals surface area (Å²) < 4.78 is 15.2. The molecule has 0 aliphatic carbocycles. The van der Waals surface area contributed by atoms with Crippen LogP contribution >= 0.6 is 27.5 Å². The van der Waals surface area contributed by atoms with E-state index in [0.717, 1.165) is 34.6 Å². The van der Waals surface area contributed by atoms with Gasteiger partial charge in [0, 0.05) is 22.0 Å². The fraction of sp³-hybridized carbons (Fsp3) is 0.294. The highest BCUT2D eigenvalue weighted by atomic mass is 79.9. The smallest absolute Gasteiger partial charge is 0.126 e. The van der Waals surface area contributed by atoms with Gasteiger partial charge in [0.05, 0.1) is 0 Å². The SMILES string of the molecule is Fc1ccc(Br)cc1C1CCNCC1c1ccc(Cl)cc1. The number of hydrogen-bond donors (Lipinski definition) is 1. The van der Waals surface area contributed by atoms with Crippen molar-refractivity contribution in [3.63, 3.8) is 0 Å². The largest absolute Gasteiger partial charge is 0.316 e. The number of rotatable bonds is 2. The minimum absolute atomic E-state index is 0.121. The van der Waals surface area contributed by atoms with E-state index >= 15 is 0 Å². The maximum Gasteiger partial charge on any atom is 0.126 e. The molecule has 1 aliphatic rings. The molecule has 110 valence electrons. The molecular formula is C17H16BrClFN. The number of piperidine rings is 1. The third-order valence-corrected chi connectivity index (χ3v) is 4.88. The second-order valence-corrected chi connectivity index (χ2v) is 6.78. The molecule has 1 nitrogen and oxygen atoms in total. The summed E-state index contributed by atoms with van der Waals surface area (Å²) in [4.78, 5) is 0. The first kappa shape index (κ1) is 15.0. The summed E-state index contributed by atoms with van der Waals surface area (Å²) >= 11 is 9.42. The topological polar surface area (TPSA) is 12.0 Å². The fourth-order valence-electron chi connectivity index (χ4n) is 3.09. The van der Waals surface area contributed by atoms with Gasteiger partial charge < -0.3 is 5.32 Å². The van der Waals surface area contributed by atoms with E-state index in [9.17, 15) is 4.39 Å². The maximum absolute atomic E-state index is 14.2. The number of hydrogen-bond acceptors (Lipinski definition) is 1. The van der Waals surface area contributed by atoms with Crippen LogP contribution in [0.2, 0.25) is 5.02 Å². The lowest BCUT2D eigenvalue weighted by Gasteiger charge is -2.33. The van der Waals surface area contributed by atoms with Crippen LogP contribution in [0.5, 0.6) is 0 Å². The Kier molecular flexibility index (Phi) is 4.63. The van der Waals surface area contributed by atoms with E-state index in [1.165, 1.54) is 5.56 Å². The van der Waals surface area contributed by atoms with E-state index < -0.39 is 0 Å². The van der Waals surface area contributed by atoms with E-state index in [1.54, 1.807) is 12.1 Å². The van der Waals surface area contributed by atoms with Crippen molar-refractivity contribution in [2.45, 2.75) is 18.3 Å². The Bertz CT molecular complexity index is 629. The zero-order valence-corrected chi connectivity index (χ0v) is 13.8. The molecule has 3 rings (SSSR count). The predicted molar refractivity (Wildman–Crippen MR) is 88.5 cm³/mol. The molecule has 0 spiro atoms. The van der Waals surface area contributed by atoms with Crippen molar-refractivity contribution in [1.82, 2.24) is 5.32 Å². The third-order valence-electron chi connectivity index (χ3n) is 4.14. The quantitative estimate of drug-likeness (QED) is 0.777. The molecule has 2 atom stereocenters. The van der Waals surface area contributed by atoms with Gasteiger partial charge in [0.2, 0.25) is 0 Å². The molecule has 0 radical (unpaired) electrons. The molecule has 2 aromatic rings. The highest BCUT2D eigenvalue weighted by molar-refractivity contribution is 9.10. The van der Waals surface area contributed by atoms with E-state index in [-0.39, 0.29) is 17.7 Å². The van der Waals surface area contributed by atoms with E-state index in [1.807, 2.05) is 30.3 Å². The van der Waals surface area contributed by atoms with Crippen LogP contribution < -0.4 is 5.32 Å². The van der Waals surface area contributed by atoms with E-state index in [4.69, 9.17) is 11.6 Å². The Morgan fingerprint density at radius 1 is 1.10 bits per heavy atom. The number of halogens is 3. The first-order chi connectivity index (χ1) is 10.1. The lowest BCUT2D eigenvalue weighted by molar-refractivity contribution is 0.393. The average molecular weight is 369 g/mol. The first-order valence-corrected chi connectivity index (χ1v) is 8.23. The lowest BCUT2D eigenvalue weighted by atomic mass is 9.77. The first-order valence-electron chi connectivity index (χ1n) is 7.06. The molecule has 0 bridgehead atoms. The normalized spacial score (nSPS) is 22.2. The molecule has 1 heterocycles. The van der Waals surface area contributed by atoms with Crippen molar-refractivity contribution in [2.24, 2.45) is 0 Å². The van der Waals surface area contributed by atoms with Gasteiger partial charge in [-0.1, -0.05) is 39.7 Å². The molecule has 0 amide bonds. The Morgan fingerprint density at radius 3 is 2.62 bits per heavy atom. The number of nitrogens with one attached hydrogen (secondary N) is 1. The van der Waals surface area contributed by atoms with Crippen molar-refractivity contribution in [3.8, 4) is 0 Å². The second kappa shape index (κ2) is 6.47. The highest BCUT2D eigenvalue weighted by Crippen LogP contribution is 2.39. The molecule has 0 aromatic heterocycles. The van der Waals surface area contributed by atoms with Crippen LogP contribution in [-0.2, 0) is 0 Å². The fourth-order valence-corrected chi connectivity index (χ4v) is 3.59. The van der Waals surface area contributed by atoms with Crippen molar-refractivity contribution >= 4 is 27.5 Å². The predicted octanol–water partition coefficient (Wildman–Crippen LogP) is 5.10. The van der Waals surface area contributed by atoms with Crippen LogP contribution in [0.15, 0.2) is 46.9 Å². The summed E-state index contributed by atoms with van der Waals surface area (Å²) in [7, 11) is 0. The summed E-state index contributed by atoms with van der Waals surface area (Å²) in [5, 5.41) is 4.14. The maximum atomic E-state index is 14.2. The minimum Gasteiger partial charge on any atom is -0.316 e. The van der Waals surface area contributed by atoms with Gasteiger partial charge in [-0.2, -0.15) is 0 Å². The van der Waals surface area contributed by atoms with Gasteiger partial charge in [0.25, 0.3) is 0 Å². The standard InChI is InChI=1S/C17H16BrClFN/c18-12-3-6-17(20)15(9-12)14-7-8-21-10-16(14)11-1-4-13(19)5-2-11/h1-6,9,14,16,21H,7-8,10H2. The van der Waals surface area contributed by atoms with Gasteiger partial charge in [-0.05, 0) is 60.3 Å². The summed E-state index contributed by atoms with van der Waals surface area (Å²) in [5.74, 6) is 0.328. The molecule has 1 aliphatic heterocycles. The Morgan fingerprint density at radius 2 is 1.86 bits per heavy atom. The molecular weight excluding hydrogens is 353 g/mol. The molecule has 1 saturated heterocycles. The second-order valence-electron chi connectivity index (χ2n) is 5.42. The Hall–Kier alpha value is -0.900. The highest BCUT2D eigenvalue weighted by Gasteiger charge is 2.29. The molecule has 0 saturated carbocycles. The Labute approximate surface area is 137 Å². The van der Waals surface area contributed by atoms with Crippen LogP contribution in [0.4, 0.5) is 4.39 Å². The minimum atomic E-state index is -0.121. The number of benzene rings is 2. The van der Waals surface area contributed by atoms with Gasteiger partial charge in [0.1, 0.15) is 5.82 Å². The molecule has 1 N–H and O–H groups in total. The molecule has 21 heavy (non-hydrogen) atoms. The van der Waals surface area contributed by atoms with Crippen LogP contribution in [-0.4, -0.2) is 13.1 Å². The van der Waals surface area contributed by atoms with Gasteiger partial charge in [-0.15, -0.1) is 0 Å². The van der Waals surface area contributed by atoms with Crippen molar-refractivity contribution in [1.29, 1.82) is 0 Å².